The fraction of sp³-hybridized carbons (Fsp3) is 1.00. The second-order valence-electron chi connectivity index (χ2n) is 1.35. The summed E-state index contributed by atoms with van der Waals surface area (Å²) in [5.74, 6) is 0. The molecule has 0 rings (SSSR count). The number of halogens is 2. The smallest absolute Gasteiger partial charge is 1.00 e. The third-order valence-electron chi connectivity index (χ3n) is 0.702. The van der Waals surface area contributed by atoms with Crippen LogP contribution in [0.25, 0.3) is 0 Å². The van der Waals surface area contributed by atoms with Crippen molar-refractivity contribution in [3.63, 3.8) is 0 Å². The van der Waals surface area contributed by atoms with Crippen LogP contribution in [0.3, 0.4) is 0 Å². The van der Waals surface area contributed by atoms with Crippen molar-refractivity contribution in [2.75, 3.05) is 13.7 Å². The van der Waals surface area contributed by atoms with Gasteiger partial charge in [-0.3, -0.25) is 0 Å². The average molecular weight is 183 g/mol. The van der Waals surface area contributed by atoms with Gasteiger partial charge in [-0.05, 0) is 6.42 Å². The number of methoxy groups -OCH3 is 1. The molecule has 1 nitrogen and oxygen atoms in total. The molecule has 0 radical (unpaired) electrons. The third kappa shape index (κ3) is 26.8. The zero-order valence-corrected chi connectivity index (χ0v) is 8.92. The molecule has 0 aliphatic heterocycles. The molecule has 0 spiro atoms. The van der Waals surface area contributed by atoms with E-state index in [1.807, 2.05) is 0 Å². The Balaban J connectivity index is -0.0000000417. The van der Waals surface area contributed by atoms with Crippen molar-refractivity contribution >= 4 is 23.1 Å². The first-order valence-electron chi connectivity index (χ1n) is 2.40. The molecule has 9 heavy (non-hydrogen) atoms. The fourth-order valence-electron chi connectivity index (χ4n) is 0.289. The topological polar surface area (TPSA) is 9.23 Å². The van der Waals surface area contributed by atoms with Crippen LogP contribution in [0.1, 0.15) is 19.8 Å². The van der Waals surface area contributed by atoms with E-state index in [1.165, 1.54) is 12.8 Å². The molecule has 0 fully saturated rings. The van der Waals surface area contributed by atoms with Crippen LogP contribution >= 0.6 is 0 Å². The van der Waals surface area contributed by atoms with Gasteiger partial charge in [0.2, 0.25) is 0 Å². The summed E-state index contributed by atoms with van der Waals surface area (Å²) in [4.78, 5) is 0. The molecule has 0 heterocycles. The van der Waals surface area contributed by atoms with Gasteiger partial charge in [0.25, 0.3) is 0 Å². The molecule has 0 atom stereocenters. The van der Waals surface area contributed by atoms with Gasteiger partial charge in [0.05, 0.1) is 0 Å². The molecule has 0 saturated heterocycles. The van der Waals surface area contributed by atoms with Crippen molar-refractivity contribution in [2.45, 2.75) is 19.8 Å². The largest absolute Gasteiger partial charge is 2.00 e. The maximum absolute atomic E-state index is 4.78. The standard InChI is InChI=1S/C5H12O.2ClH.Mg/c1-3-4-5-6-2;;;/h3-5H2,1-2H3;2*1H;/q;;;+2/p-2. The number of ether oxygens (including phenoxy) is 1. The molecular weight excluding hydrogens is 171 g/mol. The predicted molar refractivity (Wildman–Crippen MR) is 32.5 cm³/mol. The molecule has 0 aromatic carbocycles. The Labute approximate surface area is 85.9 Å². The van der Waals surface area contributed by atoms with Crippen molar-refractivity contribution in [1.82, 2.24) is 0 Å². The van der Waals surface area contributed by atoms with Gasteiger partial charge < -0.3 is 29.6 Å². The molecule has 4 heteroatoms. The molecule has 54 valence electrons. The van der Waals surface area contributed by atoms with E-state index in [2.05, 4.69) is 6.92 Å². The van der Waals surface area contributed by atoms with Crippen molar-refractivity contribution < 1.29 is 29.6 Å². The van der Waals surface area contributed by atoms with Gasteiger partial charge in [0.15, 0.2) is 0 Å². The minimum atomic E-state index is 0. The zero-order chi connectivity index (χ0) is 4.83. The quantitative estimate of drug-likeness (QED) is 0.315. The number of hydrogen-bond acceptors (Lipinski definition) is 1. The van der Waals surface area contributed by atoms with Gasteiger partial charge >= 0.3 is 23.1 Å². The van der Waals surface area contributed by atoms with Crippen LogP contribution in [0.2, 0.25) is 0 Å². The van der Waals surface area contributed by atoms with Gasteiger partial charge in [-0.25, -0.2) is 0 Å². The minimum absolute atomic E-state index is 0. The summed E-state index contributed by atoms with van der Waals surface area (Å²) < 4.78 is 4.78. The van der Waals surface area contributed by atoms with Gasteiger partial charge in [-0.1, -0.05) is 13.3 Å². The van der Waals surface area contributed by atoms with E-state index in [-0.39, 0.29) is 47.9 Å². The minimum Gasteiger partial charge on any atom is -1.00 e. The van der Waals surface area contributed by atoms with Crippen molar-refractivity contribution in [1.29, 1.82) is 0 Å². The summed E-state index contributed by atoms with van der Waals surface area (Å²) in [6.45, 7) is 3.07. The Morgan fingerprint density at radius 3 is 1.78 bits per heavy atom. The zero-order valence-electron chi connectivity index (χ0n) is 5.99. The Bertz CT molecular complexity index is 26.9. The van der Waals surface area contributed by atoms with Crippen LogP contribution in [0.5, 0.6) is 0 Å². The van der Waals surface area contributed by atoms with Gasteiger partial charge in [-0.15, -0.1) is 0 Å². The first kappa shape index (κ1) is 22.4. The van der Waals surface area contributed by atoms with E-state index in [4.69, 9.17) is 4.74 Å². The molecule has 0 aliphatic carbocycles. The molecule has 0 bridgehead atoms. The maximum atomic E-state index is 4.78. The molecule has 0 aliphatic rings. The Hall–Kier alpha value is 1.31. The maximum Gasteiger partial charge on any atom is 2.00 e. The Morgan fingerprint density at radius 2 is 1.67 bits per heavy atom. The molecule has 0 amide bonds. The molecule has 0 N–H and O–H groups in total. The van der Waals surface area contributed by atoms with Crippen molar-refractivity contribution in [3.05, 3.63) is 0 Å². The van der Waals surface area contributed by atoms with Gasteiger partial charge in [-0.2, -0.15) is 0 Å². The monoisotopic (exact) mass is 182 g/mol. The van der Waals surface area contributed by atoms with Gasteiger partial charge in [0, 0.05) is 13.7 Å². The first-order valence-corrected chi connectivity index (χ1v) is 2.40. The summed E-state index contributed by atoms with van der Waals surface area (Å²) >= 11 is 0. The summed E-state index contributed by atoms with van der Waals surface area (Å²) in [5, 5.41) is 0. The van der Waals surface area contributed by atoms with Gasteiger partial charge in [0.1, 0.15) is 0 Å². The van der Waals surface area contributed by atoms with Crippen LogP contribution in [0.4, 0.5) is 0 Å². The first-order chi connectivity index (χ1) is 2.91. The predicted octanol–water partition coefficient (Wildman–Crippen LogP) is -4.94. The van der Waals surface area contributed by atoms with E-state index in [1.54, 1.807) is 7.11 Å². The van der Waals surface area contributed by atoms with E-state index in [0.29, 0.717) is 0 Å². The summed E-state index contributed by atoms with van der Waals surface area (Å²) in [6.07, 6.45) is 2.42. The summed E-state index contributed by atoms with van der Waals surface area (Å²) in [6, 6.07) is 0. The average Bonchev–Trinajstić information content (AvgIpc) is 1.61. The summed E-state index contributed by atoms with van der Waals surface area (Å²) in [5.41, 5.74) is 0. The Kier molecular flexibility index (Phi) is 56.9. The van der Waals surface area contributed by atoms with Crippen LogP contribution in [-0.4, -0.2) is 36.8 Å². The van der Waals surface area contributed by atoms with Crippen LogP contribution in [-0.2, 0) is 4.74 Å². The summed E-state index contributed by atoms with van der Waals surface area (Å²) in [7, 11) is 1.73. The van der Waals surface area contributed by atoms with Crippen molar-refractivity contribution in [3.8, 4) is 0 Å². The van der Waals surface area contributed by atoms with E-state index in [0.717, 1.165) is 6.61 Å². The SMILES string of the molecule is CCCCOC.[Cl-].[Cl-].[Mg+2]. The van der Waals surface area contributed by atoms with E-state index in [9.17, 15) is 0 Å². The van der Waals surface area contributed by atoms with Crippen LogP contribution in [0.15, 0.2) is 0 Å². The number of hydrogen-bond donors (Lipinski definition) is 0. The van der Waals surface area contributed by atoms with Crippen LogP contribution < -0.4 is 24.8 Å². The molecule has 0 saturated carbocycles. The van der Waals surface area contributed by atoms with Crippen molar-refractivity contribution in [2.24, 2.45) is 0 Å². The fourth-order valence-corrected chi connectivity index (χ4v) is 0.289. The van der Waals surface area contributed by atoms with E-state index < -0.39 is 0 Å². The molecule has 0 unspecified atom stereocenters. The molecule has 0 aromatic heterocycles. The number of unbranched alkanes of at least 4 members (excludes halogenated alkanes) is 1. The Morgan fingerprint density at radius 1 is 1.22 bits per heavy atom. The second kappa shape index (κ2) is 22.8. The van der Waals surface area contributed by atoms with Crippen LogP contribution in [0, 0.1) is 0 Å². The normalized spacial score (nSPS) is 6.00. The second-order valence-corrected chi connectivity index (χ2v) is 1.35. The van der Waals surface area contributed by atoms with E-state index >= 15 is 0 Å². The molecular formula is C5H12Cl2MgO. The number of rotatable bonds is 3. The third-order valence-corrected chi connectivity index (χ3v) is 0.702. The molecule has 0 aromatic rings.